The summed E-state index contributed by atoms with van der Waals surface area (Å²) in [5.41, 5.74) is 0.970. The minimum Gasteiger partial charge on any atom is -0.352 e. The van der Waals surface area contributed by atoms with Gasteiger partial charge in [-0.15, -0.1) is 16.4 Å². The molecule has 9 nitrogen and oxygen atoms in total. The normalized spacial score (nSPS) is 15.3. The van der Waals surface area contributed by atoms with Crippen LogP contribution in [0.2, 0.25) is 0 Å². The maximum absolute atomic E-state index is 12.2. The second kappa shape index (κ2) is 5.88. The SMILES string of the molecule is O=C(Cn1cnnn1)N1CCN(c2ncnc3ccsc23)CC1. The number of piperazine rings is 1. The second-order valence-electron chi connectivity index (χ2n) is 5.21. The maximum atomic E-state index is 12.2. The van der Waals surface area contributed by atoms with Gasteiger partial charge < -0.3 is 9.80 Å². The van der Waals surface area contributed by atoms with Crippen LogP contribution >= 0.6 is 11.3 Å². The van der Waals surface area contributed by atoms with Gasteiger partial charge in [0.2, 0.25) is 5.91 Å². The van der Waals surface area contributed by atoms with Gasteiger partial charge in [-0.05, 0) is 21.9 Å². The zero-order valence-corrected chi connectivity index (χ0v) is 13.1. The molecule has 0 radical (unpaired) electrons. The summed E-state index contributed by atoms with van der Waals surface area (Å²) < 4.78 is 2.54. The standard InChI is InChI=1S/C13H14N8OS/c22-11(7-21-9-16-17-18-21)19-2-4-20(5-3-19)13-12-10(1-6-23-12)14-8-15-13/h1,6,8-9H,2-5,7H2. The van der Waals surface area contributed by atoms with Crippen LogP contribution in [0.5, 0.6) is 0 Å². The highest BCUT2D eigenvalue weighted by atomic mass is 32.1. The van der Waals surface area contributed by atoms with Crippen LogP contribution in [0.25, 0.3) is 10.2 Å². The minimum atomic E-state index is 0.0286. The lowest BCUT2D eigenvalue weighted by Gasteiger charge is -2.35. The van der Waals surface area contributed by atoms with E-state index in [2.05, 4.69) is 30.4 Å². The fraction of sp³-hybridized carbons (Fsp3) is 0.385. The lowest BCUT2D eigenvalue weighted by atomic mass is 10.3. The van der Waals surface area contributed by atoms with E-state index in [1.807, 2.05) is 16.3 Å². The first-order valence-corrected chi connectivity index (χ1v) is 8.11. The van der Waals surface area contributed by atoms with Gasteiger partial charge in [-0.1, -0.05) is 0 Å². The average Bonchev–Trinajstić information content (AvgIpc) is 3.25. The third-order valence-electron chi connectivity index (χ3n) is 3.84. The summed E-state index contributed by atoms with van der Waals surface area (Å²) in [7, 11) is 0. The molecule has 118 valence electrons. The topological polar surface area (TPSA) is 92.9 Å². The molecule has 0 atom stereocenters. The molecule has 1 saturated heterocycles. The number of tetrazole rings is 1. The molecule has 0 aliphatic carbocycles. The molecule has 23 heavy (non-hydrogen) atoms. The van der Waals surface area contributed by atoms with Gasteiger partial charge in [-0.3, -0.25) is 4.79 Å². The molecule has 3 aromatic rings. The highest BCUT2D eigenvalue weighted by Gasteiger charge is 2.23. The van der Waals surface area contributed by atoms with Gasteiger partial charge in [0.05, 0.1) is 10.2 Å². The van der Waals surface area contributed by atoms with Crippen molar-refractivity contribution in [2.75, 3.05) is 31.1 Å². The minimum absolute atomic E-state index is 0.0286. The number of amides is 1. The monoisotopic (exact) mass is 330 g/mol. The molecule has 1 aliphatic heterocycles. The van der Waals surface area contributed by atoms with Crippen molar-refractivity contribution >= 4 is 33.3 Å². The van der Waals surface area contributed by atoms with Gasteiger partial charge in [0, 0.05) is 26.2 Å². The van der Waals surface area contributed by atoms with Crippen molar-refractivity contribution in [1.29, 1.82) is 0 Å². The van der Waals surface area contributed by atoms with Gasteiger partial charge in [-0.2, -0.15) is 0 Å². The van der Waals surface area contributed by atoms with Gasteiger partial charge in [0.15, 0.2) is 0 Å². The molecule has 3 aromatic heterocycles. The van der Waals surface area contributed by atoms with E-state index in [4.69, 9.17) is 0 Å². The highest BCUT2D eigenvalue weighted by Crippen LogP contribution is 2.28. The van der Waals surface area contributed by atoms with Crippen LogP contribution in [-0.2, 0) is 11.3 Å². The van der Waals surface area contributed by atoms with Crippen molar-refractivity contribution in [2.45, 2.75) is 6.54 Å². The van der Waals surface area contributed by atoms with Gasteiger partial charge in [0.1, 0.15) is 25.0 Å². The second-order valence-corrected chi connectivity index (χ2v) is 6.12. The predicted molar refractivity (Wildman–Crippen MR) is 84.0 cm³/mol. The largest absolute Gasteiger partial charge is 0.352 e. The number of fused-ring (bicyclic) bond motifs is 1. The molecule has 0 unspecified atom stereocenters. The molecule has 1 fully saturated rings. The predicted octanol–water partition coefficient (Wildman–Crippen LogP) is 0.0266. The molecule has 0 saturated carbocycles. The van der Waals surface area contributed by atoms with Crippen LogP contribution in [0.15, 0.2) is 24.1 Å². The molecule has 0 aromatic carbocycles. The number of thiophene rings is 1. The van der Waals surface area contributed by atoms with E-state index in [1.165, 1.54) is 11.0 Å². The zero-order valence-electron chi connectivity index (χ0n) is 12.2. The van der Waals surface area contributed by atoms with Crippen molar-refractivity contribution < 1.29 is 4.79 Å². The van der Waals surface area contributed by atoms with Crippen LogP contribution in [0.1, 0.15) is 0 Å². The zero-order chi connectivity index (χ0) is 15.6. The van der Waals surface area contributed by atoms with Crippen LogP contribution in [0.3, 0.4) is 0 Å². The Morgan fingerprint density at radius 1 is 1.22 bits per heavy atom. The Morgan fingerprint density at radius 3 is 2.87 bits per heavy atom. The number of anilines is 1. The highest BCUT2D eigenvalue weighted by molar-refractivity contribution is 7.17. The Kier molecular flexibility index (Phi) is 3.58. The quantitative estimate of drug-likeness (QED) is 0.668. The molecule has 0 spiro atoms. The van der Waals surface area contributed by atoms with E-state index >= 15 is 0 Å². The summed E-state index contributed by atoms with van der Waals surface area (Å²) in [5.74, 6) is 0.985. The molecular weight excluding hydrogens is 316 g/mol. The first-order chi connectivity index (χ1) is 11.3. The Balaban J connectivity index is 1.43. The van der Waals surface area contributed by atoms with Crippen molar-refractivity contribution in [3.63, 3.8) is 0 Å². The van der Waals surface area contributed by atoms with Gasteiger partial charge in [0.25, 0.3) is 0 Å². The number of hydrogen-bond acceptors (Lipinski definition) is 8. The summed E-state index contributed by atoms with van der Waals surface area (Å²) >= 11 is 1.64. The Hall–Kier alpha value is -2.62. The third-order valence-corrected chi connectivity index (χ3v) is 4.74. The summed E-state index contributed by atoms with van der Waals surface area (Å²) in [6.07, 6.45) is 3.04. The molecule has 1 amide bonds. The van der Waals surface area contributed by atoms with Crippen LogP contribution in [0, 0.1) is 0 Å². The van der Waals surface area contributed by atoms with E-state index in [1.54, 1.807) is 17.7 Å². The first-order valence-electron chi connectivity index (χ1n) is 7.23. The van der Waals surface area contributed by atoms with E-state index in [9.17, 15) is 4.79 Å². The van der Waals surface area contributed by atoms with Crippen LogP contribution < -0.4 is 4.90 Å². The fourth-order valence-electron chi connectivity index (χ4n) is 2.66. The fourth-order valence-corrected chi connectivity index (χ4v) is 3.52. The lowest BCUT2D eigenvalue weighted by Crippen LogP contribution is -2.49. The number of nitrogens with zero attached hydrogens (tertiary/aromatic N) is 8. The molecule has 10 heteroatoms. The summed E-state index contributed by atoms with van der Waals surface area (Å²) in [6, 6.07) is 2.00. The number of rotatable bonds is 3. The van der Waals surface area contributed by atoms with Crippen LogP contribution in [0.4, 0.5) is 5.82 Å². The van der Waals surface area contributed by atoms with E-state index in [-0.39, 0.29) is 12.5 Å². The van der Waals surface area contributed by atoms with E-state index < -0.39 is 0 Å². The Labute approximate surface area is 135 Å². The van der Waals surface area contributed by atoms with Crippen LogP contribution in [-0.4, -0.2) is 67.2 Å². The van der Waals surface area contributed by atoms with Crippen molar-refractivity contribution in [3.05, 3.63) is 24.1 Å². The summed E-state index contributed by atoms with van der Waals surface area (Å²) in [5, 5.41) is 12.8. The Bertz CT molecular complexity index is 808. The summed E-state index contributed by atoms with van der Waals surface area (Å²) in [6.45, 7) is 3.02. The van der Waals surface area contributed by atoms with Crippen molar-refractivity contribution in [3.8, 4) is 0 Å². The lowest BCUT2D eigenvalue weighted by molar-refractivity contribution is -0.132. The number of aromatic nitrogens is 6. The number of carbonyl (C=O) groups excluding carboxylic acids is 1. The van der Waals surface area contributed by atoms with E-state index in [0.29, 0.717) is 13.1 Å². The van der Waals surface area contributed by atoms with Gasteiger partial charge >= 0.3 is 0 Å². The first kappa shape index (κ1) is 14.0. The van der Waals surface area contributed by atoms with Crippen molar-refractivity contribution in [1.82, 2.24) is 35.1 Å². The molecular formula is C13H14N8OS. The third kappa shape index (κ3) is 2.72. The van der Waals surface area contributed by atoms with E-state index in [0.717, 1.165) is 29.1 Å². The molecule has 1 aliphatic rings. The number of hydrogen-bond donors (Lipinski definition) is 0. The smallest absolute Gasteiger partial charge is 0.244 e. The average molecular weight is 330 g/mol. The Morgan fingerprint density at radius 2 is 2.09 bits per heavy atom. The maximum Gasteiger partial charge on any atom is 0.244 e. The molecule has 4 rings (SSSR count). The molecule has 4 heterocycles. The van der Waals surface area contributed by atoms with Crippen molar-refractivity contribution in [2.24, 2.45) is 0 Å². The van der Waals surface area contributed by atoms with Gasteiger partial charge in [-0.25, -0.2) is 14.6 Å². The molecule has 0 N–H and O–H groups in total. The summed E-state index contributed by atoms with van der Waals surface area (Å²) in [4.78, 5) is 25.0. The molecule has 0 bridgehead atoms. The number of carbonyl (C=O) groups is 1.